The maximum Gasteiger partial charge on any atom is 0.339 e. The van der Waals surface area contributed by atoms with Crippen LogP contribution in [0.2, 0.25) is 0 Å². The van der Waals surface area contributed by atoms with Crippen LogP contribution in [0.4, 0.5) is 5.69 Å². The number of ether oxygens (including phenoxy) is 2. The first kappa shape index (κ1) is 18.3. The van der Waals surface area contributed by atoms with Crippen molar-refractivity contribution in [1.82, 2.24) is 0 Å². The summed E-state index contributed by atoms with van der Waals surface area (Å²) in [5.74, 6) is 0.361. The highest BCUT2D eigenvalue weighted by Gasteiger charge is 2.16. The summed E-state index contributed by atoms with van der Waals surface area (Å²) in [6.07, 6.45) is 0. The Kier molecular flexibility index (Phi) is 5.56. The van der Waals surface area contributed by atoms with Gasteiger partial charge in [-0.3, -0.25) is 4.79 Å². The average molecular weight is 365 g/mol. The number of esters is 1. The van der Waals surface area contributed by atoms with Crippen molar-refractivity contribution in [2.45, 2.75) is 13.5 Å². The quantitative estimate of drug-likeness (QED) is 0.662. The molecule has 138 valence electrons. The number of methoxy groups -OCH3 is 1. The van der Waals surface area contributed by atoms with Crippen LogP contribution in [0.3, 0.4) is 0 Å². The van der Waals surface area contributed by atoms with Gasteiger partial charge in [0, 0.05) is 0 Å². The molecule has 0 spiro atoms. The van der Waals surface area contributed by atoms with Crippen molar-refractivity contribution in [3.05, 3.63) is 83.3 Å². The highest BCUT2D eigenvalue weighted by Crippen LogP contribution is 2.19. The Balaban J connectivity index is 1.65. The molecule has 0 atom stereocenters. The zero-order valence-corrected chi connectivity index (χ0v) is 15.0. The number of furan rings is 1. The summed E-state index contributed by atoms with van der Waals surface area (Å²) >= 11 is 0. The summed E-state index contributed by atoms with van der Waals surface area (Å²) in [5.41, 5.74) is 1.76. The van der Waals surface area contributed by atoms with Gasteiger partial charge in [0.05, 0.1) is 18.4 Å². The fourth-order valence-electron chi connectivity index (χ4n) is 2.43. The van der Waals surface area contributed by atoms with E-state index < -0.39 is 11.9 Å². The van der Waals surface area contributed by atoms with E-state index in [9.17, 15) is 9.59 Å². The third kappa shape index (κ3) is 4.55. The molecule has 0 bridgehead atoms. The van der Waals surface area contributed by atoms with Gasteiger partial charge in [-0.2, -0.15) is 0 Å². The van der Waals surface area contributed by atoms with Crippen LogP contribution in [0.1, 0.15) is 32.2 Å². The Hall–Kier alpha value is -3.54. The Morgan fingerprint density at radius 3 is 2.48 bits per heavy atom. The van der Waals surface area contributed by atoms with Crippen molar-refractivity contribution in [2.75, 3.05) is 12.4 Å². The van der Waals surface area contributed by atoms with Crippen molar-refractivity contribution in [2.24, 2.45) is 0 Å². The van der Waals surface area contributed by atoms with Crippen LogP contribution in [0.5, 0.6) is 5.75 Å². The molecule has 27 heavy (non-hydrogen) atoms. The van der Waals surface area contributed by atoms with Gasteiger partial charge in [0.1, 0.15) is 18.1 Å². The molecule has 0 radical (unpaired) electrons. The maximum absolute atomic E-state index is 12.4. The molecule has 6 heteroatoms. The van der Waals surface area contributed by atoms with Crippen LogP contribution >= 0.6 is 0 Å². The second-order valence-corrected chi connectivity index (χ2v) is 5.86. The van der Waals surface area contributed by atoms with Crippen LogP contribution < -0.4 is 10.1 Å². The summed E-state index contributed by atoms with van der Waals surface area (Å²) in [5, 5.41) is 2.66. The molecule has 0 aliphatic rings. The van der Waals surface area contributed by atoms with Crippen molar-refractivity contribution in [1.29, 1.82) is 0 Å². The lowest BCUT2D eigenvalue weighted by atomic mass is 10.2. The van der Waals surface area contributed by atoms with Gasteiger partial charge in [-0.1, -0.05) is 29.8 Å². The highest BCUT2D eigenvalue weighted by molar-refractivity contribution is 6.06. The zero-order chi connectivity index (χ0) is 19.2. The molecule has 0 fully saturated rings. The molecule has 0 saturated heterocycles. The number of para-hydroxylation sites is 1. The molecule has 2 aromatic carbocycles. The fraction of sp³-hybridized carbons (Fsp3) is 0.143. The SMILES string of the molecule is COC(=O)c1ccccc1NC(=O)c1ccc(COc2ccc(C)cc2)o1. The minimum Gasteiger partial charge on any atom is -0.486 e. The normalized spacial score (nSPS) is 10.3. The molecular formula is C21H19NO5. The number of nitrogens with one attached hydrogen (secondary N) is 1. The van der Waals surface area contributed by atoms with Crippen molar-refractivity contribution >= 4 is 17.6 Å². The van der Waals surface area contributed by atoms with Gasteiger partial charge < -0.3 is 19.2 Å². The average Bonchev–Trinajstić information content (AvgIpc) is 3.16. The number of benzene rings is 2. The molecular weight excluding hydrogens is 346 g/mol. The Labute approximate surface area is 156 Å². The van der Waals surface area contributed by atoms with Crippen molar-refractivity contribution < 1.29 is 23.5 Å². The minimum atomic E-state index is -0.530. The van der Waals surface area contributed by atoms with E-state index in [1.54, 1.807) is 36.4 Å². The largest absolute Gasteiger partial charge is 0.486 e. The number of hydrogen-bond acceptors (Lipinski definition) is 5. The number of hydrogen-bond donors (Lipinski definition) is 1. The second kappa shape index (κ2) is 8.23. The lowest BCUT2D eigenvalue weighted by Gasteiger charge is -2.08. The van der Waals surface area contributed by atoms with E-state index in [1.807, 2.05) is 31.2 Å². The van der Waals surface area contributed by atoms with Crippen LogP contribution in [0.15, 0.2) is 65.1 Å². The smallest absolute Gasteiger partial charge is 0.339 e. The molecule has 0 unspecified atom stereocenters. The summed E-state index contributed by atoms with van der Waals surface area (Å²) in [6, 6.07) is 17.5. The van der Waals surface area contributed by atoms with E-state index >= 15 is 0 Å². The summed E-state index contributed by atoms with van der Waals surface area (Å²) in [6.45, 7) is 2.20. The van der Waals surface area contributed by atoms with Crippen LogP contribution in [-0.4, -0.2) is 19.0 Å². The molecule has 0 aliphatic heterocycles. The third-order valence-corrected chi connectivity index (χ3v) is 3.87. The van der Waals surface area contributed by atoms with Crippen molar-refractivity contribution in [3.8, 4) is 5.75 Å². The number of rotatable bonds is 6. The monoisotopic (exact) mass is 365 g/mol. The van der Waals surface area contributed by atoms with Gasteiger partial charge in [0.15, 0.2) is 5.76 Å². The predicted molar refractivity (Wildman–Crippen MR) is 100.0 cm³/mol. The topological polar surface area (TPSA) is 77.8 Å². The zero-order valence-electron chi connectivity index (χ0n) is 15.0. The molecule has 1 heterocycles. The number of aryl methyl sites for hydroxylation is 1. The third-order valence-electron chi connectivity index (χ3n) is 3.87. The summed E-state index contributed by atoms with van der Waals surface area (Å²) < 4.78 is 15.9. The van der Waals surface area contributed by atoms with Gasteiger partial charge in [-0.05, 0) is 43.3 Å². The van der Waals surface area contributed by atoms with Gasteiger partial charge in [0.2, 0.25) is 0 Å². The Morgan fingerprint density at radius 1 is 1.00 bits per heavy atom. The van der Waals surface area contributed by atoms with E-state index in [4.69, 9.17) is 13.9 Å². The second-order valence-electron chi connectivity index (χ2n) is 5.86. The van der Waals surface area contributed by atoms with Crippen LogP contribution in [0, 0.1) is 6.92 Å². The van der Waals surface area contributed by atoms with Crippen LogP contribution in [-0.2, 0) is 11.3 Å². The minimum absolute atomic E-state index is 0.122. The Morgan fingerprint density at radius 2 is 1.74 bits per heavy atom. The Bertz CT molecular complexity index is 943. The van der Waals surface area contributed by atoms with E-state index in [0.29, 0.717) is 11.4 Å². The van der Waals surface area contributed by atoms with E-state index in [0.717, 1.165) is 11.3 Å². The van der Waals surface area contributed by atoms with E-state index in [-0.39, 0.29) is 17.9 Å². The van der Waals surface area contributed by atoms with Crippen LogP contribution in [0.25, 0.3) is 0 Å². The number of anilines is 1. The molecule has 6 nitrogen and oxygen atoms in total. The molecule has 1 amide bonds. The number of carbonyl (C=O) groups excluding carboxylic acids is 2. The van der Waals surface area contributed by atoms with Gasteiger partial charge in [-0.25, -0.2) is 4.79 Å². The molecule has 1 aromatic heterocycles. The first-order valence-electron chi connectivity index (χ1n) is 8.33. The molecule has 3 rings (SSSR count). The lowest BCUT2D eigenvalue weighted by Crippen LogP contribution is -2.14. The predicted octanol–water partition coefficient (Wildman–Crippen LogP) is 4.21. The summed E-state index contributed by atoms with van der Waals surface area (Å²) in [4.78, 5) is 24.2. The van der Waals surface area contributed by atoms with E-state index in [1.165, 1.54) is 7.11 Å². The van der Waals surface area contributed by atoms with Gasteiger partial charge in [-0.15, -0.1) is 0 Å². The first-order chi connectivity index (χ1) is 13.1. The van der Waals surface area contributed by atoms with E-state index in [2.05, 4.69) is 5.32 Å². The molecule has 0 aliphatic carbocycles. The standard InChI is InChI=1S/C21H19NO5/c1-14-7-9-15(10-8-14)26-13-16-11-12-19(27-16)20(23)22-18-6-4-3-5-17(18)21(24)25-2/h3-12H,13H2,1-2H3,(H,22,23). The maximum atomic E-state index is 12.4. The van der Waals surface area contributed by atoms with Gasteiger partial charge in [0.25, 0.3) is 5.91 Å². The number of amides is 1. The van der Waals surface area contributed by atoms with Crippen molar-refractivity contribution in [3.63, 3.8) is 0 Å². The lowest BCUT2D eigenvalue weighted by molar-refractivity contribution is 0.0602. The fourth-order valence-corrected chi connectivity index (χ4v) is 2.43. The molecule has 1 N–H and O–H groups in total. The molecule has 3 aromatic rings. The number of carbonyl (C=O) groups is 2. The summed E-state index contributed by atoms with van der Waals surface area (Å²) in [7, 11) is 1.29. The first-order valence-corrected chi connectivity index (χ1v) is 8.33. The molecule has 0 saturated carbocycles. The van der Waals surface area contributed by atoms with Gasteiger partial charge >= 0.3 is 5.97 Å². The highest BCUT2D eigenvalue weighted by atomic mass is 16.5.